The Hall–Kier alpha value is -0.530. The first kappa shape index (κ1) is 33.5. The lowest BCUT2D eigenvalue weighted by Crippen LogP contribution is -2.30. The normalized spacial score (nSPS) is 13.2. The third-order valence-corrected chi connectivity index (χ3v) is 7.64. The van der Waals surface area contributed by atoms with Crippen molar-refractivity contribution in [1.29, 1.82) is 0 Å². The van der Waals surface area contributed by atoms with Crippen LogP contribution in [0.2, 0.25) is 0 Å². The van der Waals surface area contributed by atoms with Gasteiger partial charge in [0.15, 0.2) is 0 Å². The summed E-state index contributed by atoms with van der Waals surface area (Å²) in [6.07, 6.45) is 32.1. The Morgan fingerprint density at radius 2 is 0.765 bits per heavy atom. The van der Waals surface area contributed by atoms with E-state index in [2.05, 4.69) is 27.7 Å². The number of rotatable bonds is 27. The zero-order chi connectivity index (χ0) is 25.2. The minimum atomic E-state index is -0.271. The molecule has 0 saturated carbocycles. The highest BCUT2D eigenvalue weighted by Crippen LogP contribution is 2.33. The van der Waals surface area contributed by atoms with Crippen LogP contribution in [0.3, 0.4) is 0 Å². The number of ether oxygens (including phenoxy) is 1. The Morgan fingerprint density at radius 1 is 0.471 bits per heavy atom. The van der Waals surface area contributed by atoms with Crippen LogP contribution in [0, 0.1) is 5.41 Å². The number of hydrogen-bond donors (Lipinski definition) is 0. The van der Waals surface area contributed by atoms with E-state index in [0.29, 0.717) is 6.61 Å². The Morgan fingerprint density at radius 3 is 1.12 bits per heavy atom. The maximum Gasteiger partial charge on any atom is 0.311 e. The van der Waals surface area contributed by atoms with Gasteiger partial charge in [-0.2, -0.15) is 0 Å². The lowest BCUT2D eigenvalue weighted by Gasteiger charge is -2.27. The molecule has 0 fully saturated rings. The van der Waals surface area contributed by atoms with Crippen LogP contribution in [-0.4, -0.2) is 12.6 Å². The minimum absolute atomic E-state index is 0.0851. The highest BCUT2D eigenvalue weighted by atomic mass is 16.5. The second-order valence-electron chi connectivity index (χ2n) is 11.3. The zero-order valence-corrected chi connectivity index (χ0v) is 24.2. The van der Waals surface area contributed by atoms with Crippen LogP contribution in [0.15, 0.2) is 0 Å². The molecule has 0 rings (SSSR count). The van der Waals surface area contributed by atoms with E-state index in [0.717, 1.165) is 19.3 Å². The van der Waals surface area contributed by atoms with Gasteiger partial charge in [-0.25, -0.2) is 0 Å². The van der Waals surface area contributed by atoms with Crippen LogP contribution < -0.4 is 0 Å². The van der Waals surface area contributed by atoms with Crippen molar-refractivity contribution in [2.75, 3.05) is 6.61 Å². The van der Waals surface area contributed by atoms with Crippen LogP contribution in [0.25, 0.3) is 0 Å². The fourth-order valence-corrected chi connectivity index (χ4v) is 5.03. The number of carbonyl (C=O) groups excluding carboxylic acids is 1. The van der Waals surface area contributed by atoms with E-state index in [-0.39, 0.29) is 11.4 Å². The summed E-state index contributed by atoms with van der Waals surface area (Å²) in [4.78, 5) is 13.1. The highest BCUT2D eigenvalue weighted by molar-refractivity contribution is 5.76. The predicted octanol–water partition coefficient (Wildman–Crippen LogP) is 11.3. The van der Waals surface area contributed by atoms with Crippen molar-refractivity contribution in [3.8, 4) is 0 Å². The second kappa shape index (κ2) is 25.6. The molecule has 0 aliphatic carbocycles. The quantitative estimate of drug-likeness (QED) is 0.0862. The molecular formula is C32H64O2. The van der Waals surface area contributed by atoms with Crippen molar-refractivity contribution in [3.05, 3.63) is 0 Å². The molecule has 0 radical (unpaired) electrons. The molecule has 1 atom stereocenters. The summed E-state index contributed by atoms with van der Waals surface area (Å²) < 4.78 is 5.83. The molecule has 2 heteroatoms. The summed E-state index contributed by atoms with van der Waals surface area (Å²) in [7, 11) is 0. The summed E-state index contributed by atoms with van der Waals surface area (Å²) >= 11 is 0. The molecule has 0 bridgehead atoms. The summed E-state index contributed by atoms with van der Waals surface area (Å²) in [6, 6.07) is 0. The van der Waals surface area contributed by atoms with E-state index in [4.69, 9.17) is 4.74 Å². The van der Waals surface area contributed by atoms with Crippen molar-refractivity contribution < 1.29 is 9.53 Å². The Bertz CT molecular complexity index is 419. The van der Waals surface area contributed by atoms with Gasteiger partial charge in [-0.3, -0.25) is 4.79 Å². The van der Waals surface area contributed by atoms with Crippen molar-refractivity contribution in [1.82, 2.24) is 0 Å². The first-order valence-corrected chi connectivity index (χ1v) is 15.8. The number of unbranched alkanes of at least 4 members (excludes halogenated alkanes) is 20. The zero-order valence-electron chi connectivity index (χ0n) is 24.2. The molecular weight excluding hydrogens is 416 g/mol. The van der Waals surface area contributed by atoms with Crippen LogP contribution in [0.5, 0.6) is 0 Å². The first-order chi connectivity index (χ1) is 16.6. The first-order valence-electron chi connectivity index (χ1n) is 15.8. The summed E-state index contributed by atoms with van der Waals surface area (Å²) in [5.74, 6) is 0.0851. The molecule has 0 amide bonds. The monoisotopic (exact) mass is 480 g/mol. The molecule has 0 aliphatic heterocycles. The molecule has 1 unspecified atom stereocenters. The van der Waals surface area contributed by atoms with E-state index in [1.807, 2.05) is 0 Å². The average molecular weight is 481 g/mol. The van der Waals surface area contributed by atoms with Gasteiger partial charge in [-0.1, -0.05) is 162 Å². The van der Waals surface area contributed by atoms with Gasteiger partial charge >= 0.3 is 5.97 Å². The fraction of sp³-hybridized carbons (Fsp3) is 0.969. The third-order valence-electron chi connectivity index (χ3n) is 7.64. The maximum atomic E-state index is 13.1. The Balaban J connectivity index is 4.15. The van der Waals surface area contributed by atoms with Crippen molar-refractivity contribution >= 4 is 5.97 Å². The smallest absolute Gasteiger partial charge is 0.311 e. The molecule has 34 heavy (non-hydrogen) atoms. The molecule has 0 saturated heterocycles. The van der Waals surface area contributed by atoms with Gasteiger partial charge in [0, 0.05) is 0 Å². The van der Waals surface area contributed by atoms with Crippen LogP contribution >= 0.6 is 0 Å². The van der Waals surface area contributed by atoms with Gasteiger partial charge in [-0.05, 0) is 26.2 Å². The molecule has 0 aliphatic rings. The van der Waals surface area contributed by atoms with Crippen LogP contribution in [0.4, 0.5) is 0 Å². The molecule has 0 spiro atoms. The Kier molecular flexibility index (Phi) is 25.2. The largest absolute Gasteiger partial charge is 0.465 e. The molecule has 204 valence electrons. The summed E-state index contributed by atoms with van der Waals surface area (Å²) in [5, 5.41) is 0. The van der Waals surface area contributed by atoms with E-state index in [9.17, 15) is 4.79 Å². The van der Waals surface area contributed by atoms with Gasteiger partial charge in [0.25, 0.3) is 0 Å². The van der Waals surface area contributed by atoms with Crippen molar-refractivity contribution in [2.24, 2.45) is 5.41 Å². The van der Waals surface area contributed by atoms with Crippen LogP contribution in [0.1, 0.15) is 188 Å². The van der Waals surface area contributed by atoms with Gasteiger partial charge in [0.05, 0.1) is 12.0 Å². The van der Waals surface area contributed by atoms with Crippen LogP contribution in [-0.2, 0) is 9.53 Å². The van der Waals surface area contributed by atoms with Gasteiger partial charge in [0.2, 0.25) is 0 Å². The molecule has 0 aromatic rings. The molecule has 0 heterocycles. The maximum absolute atomic E-state index is 13.1. The minimum Gasteiger partial charge on any atom is -0.465 e. The number of carbonyl (C=O) groups is 1. The van der Waals surface area contributed by atoms with Crippen molar-refractivity contribution in [3.63, 3.8) is 0 Å². The Labute approximate surface area is 215 Å². The lowest BCUT2D eigenvalue weighted by atomic mass is 9.79. The fourth-order valence-electron chi connectivity index (χ4n) is 5.03. The standard InChI is InChI=1S/C32H64O2/c1-5-8-11-14-16-18-19-20-23-26-29-32(4,28-25-22-13-10-7-3)31(33)34-30-27-24-21-17-15-12-9-6-2/h5-30H2,1-4H3. The summed E-state index contributed by atoms with van der Waals surface area (Å²) in [5.41, 5.74) is -0.271. The van der Waals surface area contributed by atoms with E-state index < -0.39 is 0 Å². The number of esters is 1. The van der Waals surface area contributed by atoms with Gasteiger partial charge < -0.3 is 4.74 Å². The molecule has 0 N–H and O–H groups in total. The predicted molar refractivity (Wildman–Crippen MR) is 152 cm³/mol. The van der Waals surface area contributed by atoms with Gasteiger partial charge in [0.1, 0.15) is 0 Å². The molecule has 0 aromatic carbocycles. The number of hydrogen-bond acceptors (Lipinski definition) is 2. The molecule has 0 aromatic heterocycles. The second-order valence-corrected chi connectivity index (χ2v) is 11.3. The van der Waals surface area contributed by atoms with Gasteiger partial charge in [-0.15, -0.1) is 0 Å². The van der Waals surface area contributed by atoms with Crippen molar-refractivity contribution in [2.45, 2.75) is 188 Å². The third kappa shape index (κ3) is 20.8. The molecule has 2 nitrogen and oxygen atoms in total. The van der Waals surface area contributed by atoms with E-state index in [1.165, 1.54) is 141 Å². The average Bonchev–Trinajstić information content (AvgIpc) is 2.84. The topological polar surface area (TPSA) is 26.3 Å². The van der Waals surface area contributed by atoms with E-state index >= 15 is 0 Å². The summed E-state index contributed by atoms with van der Waals surface area (Å²) in [6.45, 7) is 9.63. The van der Waals surface area contributed by atoms with E-state index in [1.54, 1.807) is 0 Å². The SMILES string of the molecule is CCCCCCCCCCCCC(C)(CCCCCCC)C(=O)OCCCCCCCCCC. The lowest BCUT2D eigenvalue weighted by molar-refractivity contribution is -0.156. The highest BCUT2D eigenvalue weighted by Gasteiger charge is 2.33.